The van der Waals surface area contributed by atoms with Gasteiger partial charge in [0.2, 0.25) is 16.4 Å². The van der Waals surface area contributed by atoms with E-state index >= 15 is 0 Å². The Morgan fingerprint density at radius 1 is 1.44 bits per heavy atom. The quantitative estimate of drug-likeness (QED) is 0.804. The molecule has 2 rings (SSSR count). The van der Waals surface area contributed by atoms with Crippen LogP contribution in [0.1, 0.15) is 5.82 Å². The van der Waals surface area contributed by atoms with Gasteiger partial charge >= 0.3 is 0 Å². The molecular weight excluding hydrogens is 280 g/mol. The third-order valence-corrected chi connectivity index (χ3v) is 3.95. The second-order valence-corrected chi connectivity index (χ2v) is 5.50. The lowest BCUT2D eigenvalue weighted by atomic mass is 10.3. The van der Waals surface area contributed by atoms with Gasteiger partial charge in [0.25, 0.3) is 0 Å². The molecule has 0 spiro atoms. The van der Waals surface area contributed by atoms with Crippen LogP contribution in [0, 0.1) is 0 Å². The van der Waals surface area contributed by atoms with Gasteiger partial charge in [-0.3, -0.25) is 0 Å². The van der Waals surface area contributed by atoms with Gasteiger partial charge in [-0.05, 0) is 18.2 Å². The van der Waals surface area contributed by atoms with E-state index in [2.05, 4.69) is 19.4 Å². The summed E-state index contributed by atoms with van der Waals surface area (Å²) in [7, 11) is -3.77. The number of nitrogen functional groups attached to an aromatic ring is 1. The van der Waals surface area contributed by atoms with Gasteiger partial charge in [-0.2, -0.15) is 4.98 Å². The molecule has 1 aromatic heterocycles. The first kappa shape index (κ1) is 12.8. The molecule has 96 valence electrons. The third kappa shape index (κ3) is 2.78. The van der Waals surface area contributed by atoms with Crippen molar-refractivity contribution in [2.75, 3.05) is 5.73 Å². The Morgan fingerprint density at radius 3 is 2.89 bits per heavy atom. The minimum atomic E-state index is -3.77. The van der Waals surface area contributed by atoms with Crippen LogP contribution in [0.5, 0.6) is 0 Å². The van der Waals surface area contributed by atoms with Crippen LogP contribution in [0.3, 0.4) is 0 Å². The smallest absolute Gasteiger partial charge is 0.242 e. The number of benzene rings is 1. The highest BCUT2D eigenvalue weighted by Gasteiger charge is 2.18. The summed E-state index contributed by atoms with van der Waals surface area (Å²) in [5.41, 5.74) is 5.83. The van der Waals surface area contributed by atoms with Crippen LogP contribution in [0.2, 0.25) is 5.02 Å². The fraction of sp³-hybridized carbons (Fsp3) is 0.111. The second kappa shape index (κ2) is 4.92. The number of rotatable bonds is 4. The number of nitrogens with one attached hydrogen (secondary N) is 1. The van der Waals surface area contributed by atoms with E-state index in [4.69, 9.17) is 17.3 Å². The number of sulfonamides is 1. The van der Waals surface area contributed by atoms with E-state index in [1.54, 1.807) is 0 Å². The van der Waals surface area contributed by atoms with Crippen molar-refractivity contribution in [2.45, 2.75) is 11.4 Å². The van der Waals surface area contributed by atoms with Crippen LogP contribution in [0.25, 0.3) is 0 Å². The zero-order valence-electron chi connectivity index (χ0n) is 9.00. The predicted octanol–water partition coefficient (Wildman–Crippen LogP) is 0.784. The SMILES string of the molecule is Nc1ccc(Cl)c(S(=O)(=O)NCc2ncon2)c1. The zero-order chi connectivity index (χ0) is 13.2. The van der Waals surface area contributed by atoms with E-state index < -0.39 is 10.0 Å². The van der Waals surface area contributed by atoms with E-state index in [1.807, 2.05) is 0 Å². The molecule has 0 aliphatic heterocycles. The molecule has 0 fully saturated rings. The first-order valence-electron chi connectivity index (χ1n) is 4.79. The molecule has 7 nitrogen and oxygen atoms in total. The Labute approximate surface area is 108 Å². The summed E-state index contributed by atoms with van der Waals surface area (Å²) in [6, 6.07) is 4.21. The van der Waals surface area contributed by atoms with Gasteiger partial charge in [0.1, 0.15) is 4.90 Å². The lowest BCUT2D eigenvalue weighted by Crippen LogP contribution is -2.24. The van der Waals surface area contributed by atoms with Crippen molar-refractivity contribution in [3.05, 3.63) is 35.4 Å². The first-order chi connectivity index (χ1) is 8.49. The highest BCUT2D eigenvalue weighted by atomic mass is 35.5. The van der Waals surface area contributed by atoms with Crippen LogP contribution in [0.15, 0.2) is 34.0 Å². The van der Waals surface area contributed by atoms with Gasteiger partial charge in [-0.15, -0.1) is 0 Å². The number of hydrogen-bond donors (Lipinski definition) is 2. The highest BCUT2D eigenvalue weighted by Crippen LogP contribution is 2.23. The van der Waals surface area contributed by atoms with Crippen LogP contribution in [-0.2, 0) is 16.6 Å². The fourth-order valence-corrected chi connectivity index (χ4v) is 2.75. The maximum atomic E-state index is 12.0. The minimum absolute atomic E-state index is 0.0878. The molecular formula is C9H9ClN4O3S. The topological polar surface area (TPSA) is 111 Å². The Bertz CT molecular complexity index is 642. The molecule has 0 aliphatic rings. The third-order valence-electron chi connectivity index (χ3n) is 2.07. The summed E-state index contributed by atoms with van der Waals surface area (Å²) in [4.78, 5) is 3.60. The Hall–Kier alpha value is -1.64. The molecule has 0 saturated heterocycles. The number of nitrogens with two attached hydrogens (primary N) is 1. The molecule has 0 saturated carbocycles. The molecule has 2 aromatic rings. The lowest BCUT2D eigenvalue weighted by molar-refractivity contribution is 0.409. The number of aromatic nitrogens is 2. The lowest BCUT2D eigenvalue weighted by Gasteiger charge is -2.07. The van der Waals surface area contributed by atoms with E-state index in [1.165, 1.54) is 18.2 Å². The van der Waals surface area contributed by atoms with Crippen molar-refractivity contribution in [3.63, 3.8) is 0 Å². The maximum Gasteiger partial charge on any atom is 0.242 e. The molecule has 0 aliphatic carbocycles. The van der Waals surface area contributed by atoms with E-state index in [0.29, 0.717) is 5.69 Å². The van der Waals surface area contributed by atoms with Gasteiger partial charge in [-0.1, -0.05) is 16.8 Å². The van der Waals surface area contributed by atoms with Crippen molar-refractivity contribution < 1.29 is 12.9 Å². The molecule has 1 heterocycles. The molecule has 9 heteroatoms. The van der Waals surface area contributed by atoms with Crippen LogP contribution < -0.4 is 10.5 Å². The average Bonchev–Trinajstić information content (AvgIpc) is 2.83. The Kier molecular flexibility index (Phi) is 3.50. The van der Waals surface area contributed by atoms with E-state index in [0.717, 1.165) is 6.39 Å². The summed E-state index contributed by atoms with van der Waals surface area (Å²) in [5, 5.41) is 3.57. The molecule has 18 heavy (non-hydrogen) atoms. The highest BCUT2D eigenvalue weighted by molar-refractivity contribution is 7.89. The monoisotopic (exact) mass is 288 g/mol. The number of anilines is 1. The molecule has 0 unspecified atom stereocenters. The largest absolute Gasteiger partial charge is 0.399 e. The Balaban J connectivity index is 2.22. The average molecular weight is 289 g/mol. The maximum absolute atomic E-state index is 12.0. The molecule has 1 aromatic carbocycles. The van der Waals surface area contributed by atoms with Crippen LogP contribution >= 0.6 is 11.6 Å². The van der Waals surface area contributed by atoms with Crippen molar-refractivity contribution in [2.24, 2.45) is 0 Å². The van der Waals surface area contributed by atoms with Gasteiger partial charge in [0.15, 0.2) is 5.82 Å². The normalized spacial score (nSPS) is 11.6. The summed E-state index contributed by atoms with van der Waals surface area (Å²) < 4.78 is 30.7. The van der Waals surface area contributed by atoms with E-state index in [9.17, 15) is 8.42 Å². The van der Waals surface area contributed by atoms with Crippen LogP contribution in [-0.4, -0.2) is 18.6 Å². The minimum Gasteiger partial charge on any atom is -0.399 e. The summed E-state index contributed by atoms with van der Waals surface area (Å²) in [6.07, 6.45) is 1.11. The molecule has 0 atom stereocenters. The van der Waals surface area contributed by atoms with Gasteiger partial charge < -0.3 is 10.3 Å². The summed E-state index contributed by atoms with van der Waals surface area (Å²) in [6.45, 7) is -0.0933. The van der Waals surface area contributed by atoms with Crippen molar-refractivity contribution in [1.82, 2.24) is 14.9 Å². The van der Waals surface area contributed by atoms with Gasteiger partial charge in [0.05, 0.1) is 11.6 Å². The number of nitrogens with zero attached hydrogens (tertiary/aromatic N) is 2. The second-order valence-electron chi connectivity index (χ2n) is 3.36. The zero-order valence-corrected chi connectivity index (χ0v) is 10.6. The van der Waals surface area contributed by atoms with Crippen molar-refractivity contribution in [3.8, 4) is 0 Å². The Morgan fingerprint density at radius 2 is 2.22 bits per heavy atom. The molecule has 0 bridgehead atoms. The van der Waals surface area contributed by atoms with Crippen molar-refractivity contribution >= 4 is 27.3 Å². The van der Waals surface area contributed by atoms with E-state index in [-0.39, 0.29) is 22.3 Å². The van der Waals surface area contributed by atoms with Gasteiger partial charge in [0, 0.05) is 5.69 Å². The molecule has 0 amide bonds. The molecule has 3 N–H and O–H groups in total. The standard InChI is InChI=1S/C9H9ClN4O3S/c10-7-2-1-6(11)3-8(7)18(15,16)13-4-9-12-5-17-14-9/h1-3,5,13H,4,11H2. The summed E-state index contributed by atoms with van der Waals surface area (Å²) in [5.74, 6) is 0.221. The number of halogens is 1. The number of hydrogen-bond acceptors (Lipinski definition) is 6. The molecule has 0 radical (unpaired) electrons. The fourth-order valence-electron chi connectivity index (χ4n) is 1.23. The first-order valence-corrected chi connectivity index (χ1v) is 6.65. The van der Waals surface area contributed by atoms with Gasteiger partial charge in [-0.25, -0.2) is 13.1 Å². The van der Waals surface area contributed by atoms with Crippen molar-refractivity contribution in [1.29, 1.82) is 0 Å². The summed E-state index contributed by atoms with van der Waals surface area (Å²) >= 11 is 5.82. The predicted molar refractivity (Wildman–Crippen MR) is 64.2 cm³/mol. The van der Waals surface area contributed by atoms with Crippen LogP contribution in [0.4, 0.5) is 5.69 Å².